The normalized spacial score (nSPS) is 26.4. The van der Waals surface area contributed by atoms with E-state index in [2.05, 4.69) is 17.3 Å². The third-order valence-electron chi connectivity index (χ3n) is 4.72. The minimum Gasteiger partial charge on any atom is -0.312 e. The molecule has 0 amide bonds. The van der Waals surface area contributed by atoms with Crippen LogP contribution >= 0.6 is 0 Å². The molecule has 1 aromatic rings. The first-order valence-corrected chi connectivity index (χ1v) is 8.14. The summed E-state index contributed by atoms with van der Waals surface area (Å²) in [7, 11) is 0. The van der Waals surface area contributed by atoms with Crippen LogP contribution in [0.15, 0.2) is 4.79 Å². The van der Waals surface area contributed by atoms with Crippen LogP contribution in [0.5, 0.6) is 0 Å². The Morgan fingerprint density at radius 2 is 2.20 bits per heavy atom. The van der Waals surface area contributed by atoms with Crippen molar-refractivity contribution in [2.24, 2.45) is 5.92 Å². The van der Waals surface area contributed by atoms with Crippen LogP contribution in [0.3, 0.4) is 0 Å². The number of aryl methyl sites for hydroxylation is 1. The lowest BCUT2D eigenvalue weighted by Gasteiger charge is -2.27. The summed E-state index contributed by atoms with van der Waals surface area (Å²) in [4.78, 5) is 12.2. The quantitative estimate of drug-likeness (QED) is 0.909. The van der Waals surface area contributed by atoms with Gasteiger partial charge in [0.15, 0.2) is 0 Å². The van der Waals surface area contributed by atoms with E-state index in [1.807, 2.05) is 4.57 Å². The van der Waals surface area contributed by atoms with Crippen molar-refractivity contribution in [2.45, 2.75) is 71.0 Å². The molecule has 0 saturated heterocycles. The molecule has 2 atom stereocenters. The van der Waals surface area contributed by atoms with E-state index in [4.69, 9.17) is 0 Å². The van der Waals surface area contributed by atoms with Crippen LogP contribution in [0.4, 0.5) is 0 Å². The lowest BCUT2D eigenvalue weighted by Crippen LogP contribution is -2.37. The van der Waals surface area contributed by atoms with Crippen molar-refractivity contribution in [2.75, 3.05) is 6.54 Å². The second-order valence-corrected chi connectivity index (χ2v) is 6.45. The van der Waals surface area contributed by atoms with Crippen molar-refractivity contribution in [3.8, 4) is 0 Å². The predicted octanol–water partition coefficient (Wildman–Crippen LogP) is 1.55. The number of hydrogen-bond donors (Lipinski definition) is 1. The number of nitrogens with one attached hydrogen (secondary N) is 1. The summed E-state index contributed by atoms with van der Waals surface area (Å²) < 4.78 is 3.51. The van der Waals surface area contributed by atoms with E-state index >= 15 is 0 Å². The number of rotatable bonds is 4. The molecule has 2 heterocycles. The molecule has 1 saturated carbocycles. The molecule has 0 radical (unpaired) electrons. The Labute approximate surface area is 120 Å². The van der Waals surface area contributed by atoms with Gasteiger partial charge in [-0.3, -0.25) is 4.57 Å². The average molecular weight is 278 g/mol. The van der Waals surface area contributed by atoms with Gasteiger partial charge in [-0.25, -0.2) is 9.48 Å². The molecule has 5 nitrogen and oxygen atoms in total. The highest BCUT2D eigenvalue weighted by Gasteiger charge is 2.19. The minimum atomic E-state index is 0.0820. The fourth-order valence-electron chi connectivity index (χ4n) is 3.59. The maximum absolute atomic E-state index is 12.2. The largest absolute Gasteiger partial charge is 0.345 e. The van der Waals surface area contributed by atoms with E-state index in [1.165, 1.54) is 25.7 Å². The zero-order valence-corrected chi connectivity index (χ0v) is 12.5. The topological polar surface area (TPSA) is 51.9 Å². The Hall–Kier alpha value is -1.10. The second kappa shape index (κ2) is 6.12. The van der Waals surface area contributed by atoms with Gasteiger partial charge in [0.25, 0.3) is 0 Å². The summed E-state index contributed by atoms with van der Waals surface area (Å²) >= 11 is 0. The summed E-state index contributed by atoms with van der Waals surface area (Å²) in [5.41, 5.74) is 0.0820. The molecule has 1 N–H and O–H groups in total. The average Bonchev–Trinajstić information content (AvgIpc) is 2.76. The molecular formula is C15H26N4O. The fraction of sp³-hybridized carbons (Fsp3) is 0.867. The monoisotopic (exact) mass is 278 g/mol. The summed E-state index contributed by atoms with van der Waals surface area (Å²) in [6, 6.07) is 0.631. The predicted molar refractivity (Wildman–Crippen MR) is 78.8 cm³/mol. The molecule has 5 heteroatoms. The fourth-order valence-corrected chi connectivity index (χ4v) is 3.59. The van der Waals surface area contributed by atoms with Crippen molar-refractivity contribution in [3.63, 3.8) is 0 Å². The SMILES string of the molecule is CC1CCCC(NCCn2nc3n(c2=O)CCCC3)C1. The highest BCUT2D eigenvalue weighted by atomic mass is 16.2. The van der Waals surface area contributed by atoms with Crippen LogP contribution in [-0.2, 0) is 19.5 Å². The number of hydrogen-bond acceptors (Lipinski definition) is 3. The van der Waals surface area contributed by atoms with Crippen LogP contribution in [0.2, 0.25) is 0 Å². The van der Waals surface area contributed by atoms with Gasteiger partial charge in [0.2, 0.25) is 0 Å². The molecular weight excluding hydrogens is 252 g/mol. The summed E-state index contributed by atoms with van der Waals surface area (Å²) in [5.74, 6) is 1.82. The maximum Gasteiger partial charge on any atom is 0.345 e. The van der Waals surface area contributed by atoms with E-state index in [0.29, 0.717) is 12.6 Å². The molecule has 1 aliphatic carbocycles. The summed E-state index contributed by atoms with van der Waals surface area (Å²) in [6.45, 7) is 4.74. The maximum atomic E-state index is 12.2. The van der Waals surface area contributed by atoms with Crippen molar-refractivity contribution >= 4 is 0 Å². The standard InChI is InChI=1S/C15H26N4O/c1-12-5-4-6-13(11-12)16-8-10-19-15(20)18-9-3-2-7-14(18)17-19/h12-13,16H,2-11H2,1H3. The van der Waals surface area contributed by atoms with Crippen LogP contribution in [-0.4, -0.2) is 26.9 Å². The van der Waals surface area contributed by atoms with E-state index < -0.39 is 0 Å². The van der Waals surface area contributed by atoms with Crippen molar-refractivity contribution < 1.29 is 0 Å². The second-order valence-electron chi connectivity index (χ2n) is 6.45. The third kappa shape index (κ3) is 2.97. The van der Waals surface area contributed by atoms with Crippen LogP contribution in [0.25, 0.3) is 0 Å². The third-order valence-corrected chi connectivity index (χ3v) is 4.72. The molecule has 1 aliphatic heterocycles. The van der Waals surface area contributed by atoms with Gasteiger partial charge in [-0.2, -0.15) is 5.10 Å². The molecule has 1 fully saturated rings. The minimum absolute atomic E-state index is 0.0820. The van der Waals surface area contributed by atoms with Crippen molar-refractivity contribution in [3.05, 3.63) is 16.3 Å². The zero-order valence-electron chi connectivity index (χ0n) is 12.5. The number of nitrogens with zero attached hydrogens (tertiary/aromatic N) is 3. The van der Waals surface area contributed by atoms with E-state index in [9.17, 15) is 4.79 Å². The van der Waals surface area contributed by atoms with Crippen LogP contribution < -0.4 is 11.0 Å². The van der Waals surface area contributed by atoms with Crippen LogP contribution in [0, 0.1) is 5.92 Å². The van der Waals surface area contributed by atoms with Gasteiger partial charge < -0.3 is 5.32 Å². The Morgan fingerprint density at radius 3 is 3.00 bits per heavy atom. The lowest BCUT2D eigenvalue weighted by molar-refractivity contribution is 0.297. The smallest absolute Gasteiger partial charge is 0.312 e. The van der Waals surface area contributed by atoms with E-state index in [-0.39, 0.29) is 5.69 Å². The summed E-state index contributed by atoms with van der Waals surface area (Å²) in [6.07, 6.45) is 8.47. The van der Waals surface area contributed by atoms with Crippen molar-refractivity contribution in [1.29, 1.82) is 0 Å². The van der Waals surface area contributed by atoms with Gasteiger partial charge in [-0.1, -0.05) is 19.8 Å². The number of aromatic nitrogens is 3. The van der Waals surface area contributed by atoms with Crippen molar-refractivity contribution in [1.82, 2.24) is 19.7 Å². The Morgan fingerprint density at radius 1 is 1.30 bits per heavy atom. The number of fused-ring (bicyclic) bond motifs is 1. The van der Waals surface area contributed by atoms with Gasteiger partial charge in [-0.15, -0.1) is 0 Å². The molecule has 3 rings (SSSR count). The Bertz CT molecular complexity index is 504. The van der Waals surface area contributed by atoms with E-state index in [1.54, 1.807) is 4.68 Å². The first-order valence-electron chi connectivity index (χ1n) is 8.14. The van der Waals surface area contributed by atoms with Gasteiger partial charge >= 0.3 is 5.69 Å². The molecule has 2 unspecified atom stereocenters. The van der Waals surface area contributed by atoms with Gasteiger partial charge in [-0.05, 0) is 31.6 Å². The van der Waals surface area contributed by atoms with E-state index in [0.717, 1.165) is 44.1 Å². The van der Waals surface area contributed by atoms with Gasteiger partial charge in [0.1, 0.15) is 5.82 Å². The lowest BCUT2D eigenvalue weighted by atomic mass is 9.87. The highest BCUT2D eigenvalue weighted by Crippen LogP contribution is 2.23. The Kier molecular flexibility index (Phi) is 4.24. The molecule has 0 aromatic carbocycles. The van der Waals surface area contributed by atoms with Crippen LogP contribution in [0.1, 0.15) is 51.3 Å². The zero-order chi connectivity index (χ0) is 13.9. The summed E-state index contributed by atoms with van der Waals surface area (Å²) in [5, 5.41) is 8.07. The molecule has 2 aliphatic rings. The Balaban J connectivity index is 1.53. The van der Waals surface area contributed by atoms with Gasteiger partial charge in [0.05, 0.1) is 6.54 Å². The molecule has 112 valence electrons. The molecule has 1 aromatic heterocycles. The first-order chi connectivity index (χ1) is 9.74. The molecule has 20 heavy (non-hydrogen) atoms. The van der Waals surface area contributed by atoms with Gasteiger partial charge in [0, 0.05) is 25.6 Å². The highest BCUT2D eigenvalue weighted by molar-refractivity contribution is 4.91. The molecule has 0 spiro atoms. The molecule has 0 bridgehead atoms. The first kappa shape index (κ1) is 13.9.